The minimum Gasteiger partial charge on any atom is -0.478 e. The van der Waals surface area contributed by atoms with Crippen LogP contribution in [0.5, 0.6) is 0 Å². The van der Waals surface area contributed by atoms with Crippen molar-refractivity contribution in [3.63, 3.8) is 0 Å². The molecule has 0 saturated heterocycles. The second kappa shape index (κ2) is 8.73. The first-order chi connectivity index (χ1) is 9.85. The van der Waals surface area contributed by atoms with Crippen molar-refractivity contribution in [1.29, 1.82) is 0 Å². The Morgan fingerprint density at radius 1 is 1.33 bits per heavy atom. The molecule has 7 heteroatoms. The molecule has 0 unspecified atom stereocenters. The Bertz CT molecular complexity index is 525. The maximum atomic E-state index is 6.04. The molecule has 21 heavy (non-hydrogen) atoms. The Morgan fingerprint density at radius 2 is 2.00 bits per heavy atom. The number of halogens is 3. The van der Waals surface area contributed by atoms with Gasteiger partial charge in [-0.15, -0.1) is 0 Å². The lowest BCUT2D eigenvalue weighted by molar-refractivity contribution is 0.131. The van der Waals surface area contributed by atoms with Gasteiger partial charge in [0.15, 0.2) is 5.88 Å². The molecule has 0 aliphatic carbocycles. The molecule has 0 saturated carbocycles. The van der Waals surface area contributed by atoms with Gasteiger partial charge in [-0.2, -0.15) is 0 Å². The SMILES string of the molecule is C=C(N)N(CI)C(=C)OC[C@H](N)Cc1ccc(Cl)c(Cl)c1. The molecule has 4 N–H and O–H groups in total. The van der Waals surface area contributed by atoms with Crippen molar-refractivity contribution in [2.24, 2.45) is 11.5 Å². The number of hydrogen-bond donors (Lipinski definition) is 2. The zero-order valence-corrected chi connectivity index (χ0v) is 15.2. The molecule has 0 spiro atoms. The number of nitrogens with two attached hydrogens (primary N) is 2. The Morgan fingerprint density at radius 3 is 2.52 bits per heavy atom. The predicted molar refractivity (Wildman–Crippen MR) is 97.3 cm³/mol. The van der Waals surface area contributed by atoms with Crippen LogP contribution in [0.3, 0.4) is 0 Å². The number of alkyl halides is 1. The molecule has 0 aliphatic rings. The van der Waals surface area contributed by atoms with Crippen LogP contribution in [-0.2, 0) is 11.2 Å². The van der Waals surface area contributed by atoms with Gasteiger partial charge in [0.1, 0.15) is 6.61 Å². The predicted octanol–water partition coefficient (Wildman–Crippen LogP) is 3.48. The van der Waals surface area contributed by atoms with Crippen molar-refractivity contribution >= 4 is 45.8 Å². The topological polar surface area (TPSA) is 64.5 Å². The van der Waals surface area contributed by atoms with E-state index in [4.69, 9.17) is 39.4 Å². The molecule has 1 atom stereocenters. The molecule has 1 aromatic rings. The maximum absolute atomic E-state index is 6.04. The van der Waals surface area contributed by atoms with E-state index in [1.807, 2.05) is 6.07 Å². The monoisotopic (exact) mass is 441 g/mol. The van der Waals surface area contributed by atoms with E-state index in [1.54, 1.807) is 17.0 Å². The van der Waals surface area contributed by atoms with Crippen LogP contribution in [0.15, 0.2) is 43.1 Å². The summed E-state index contributed by atoms with van der Waals surface area (Å²) in [6.07, 6.45) is 0.623. The van der Waals surface area contributed by atoms with E-state index in [-0.39, 0.29) is 6.04 Å². The van der Waals surface area contributed by atoms with Gasteiger partial charge in [0.2, 0.25) is 0 Å². The first-order valence-corrected chi connectivity index (χ1v) is 8.42. The smallest absolute Gasteiger partial charge is 0.188 e. The van der Waals surface area contributed by atoms with E-state index in [0.717, 1.165) is 5.56 Å². The lowest BCUT2D eigenvalue weighted by Crippen LogP contribution is -2.32. The molecule has 0 radical (unpaired) electrons. The van der Waals surface area contributed by atoms with Crippen molar-refractivity contribution < 1.29 is 4.74 Å². The van der Waals surface area contributed by atoms with E-state index in [1.165, 1.54) is 0 Å². The molecule has 0 aromatic heterocycles. The largest absolute Gasteiger partial charge is 0.478 e. The van der Waals surface area contributed by atoms with E-state index >= 15 is 0 Å². The second-order valence-corrected chi connectivity index (χ2v) is 5.95. The molecule has 116 valence electrons. The fourth-order valence-electron chi connectivity index (χ4n) is 1.61. The fourth-order valence-corrected chi connectivity index (χ4v) is 2.75. The van der Waals surface area contributed by atoms with Crippen molar-refractivity contribution in [3.8, 4) is 0 Å². The van der Waals surface area contributed by atoms with Gasteiger partial charge in [0.05, 0.1) is 20.4 Å². The quantitative estimate of drug-likeness (QED) is 0.280. The van der Waals surface area contributed by atoms with Gasteiger partial charge in [-0.05, 0) is 30.7 Å². The lowest BCUT2D eigenvalue weighted by atomic mass is 10.1. The number of nitrogens with zero attached hydrogens (tertiary/aromatic N) is 1. The molecular formula is C14H18Cl2IN3O. The normalized spacial score (nSPS) is 11.8. The van der Waals surface area contributed by atoms with E-state index < -0.39 is 0 Å². The number of hydrogen-bond acceptors (Lipinski definition) is 4. The summed E-state index contributed by atoms with van der Waals surface area (Å²) in [6, 6.07) is 5.25. The Balaban J connectivity index is 2.50. The molecule has 0 aliphatic heterocycles. The van der Waals surface area contributed by atoms with Crippen LogP contribution in [0.2, 0.25) is 10.0 Å². The zero-order chi connectivity index (χ0) is 16.0. The Labute approximate surface area is 148 Å². The molecule has 0 amide bonds. The minimum absolute atomic E-state index is 0.193. The van der Waals surface area contributed by atoms with Crippen LogP contribution >= 0.6 is 45.8 Å². The van der Waals surface area contributed by atoms with Gasteiger partial charge in [-0.25, -0.2) is 0 Å². The van der Waals surface area contributed by atoms with Gasteiger partial charge in [0, 0.05) is 6.04 Å². The van der Waals surface area contributed by atoms with Crippen LogP contribution in [0.25, 0.3) is 0 Å². The highest BCUT2D eigenvalue weighted by molar-refractivity contribution is 14.1. The van der Waals surface area contributed by atoms with Crippen molar-refractivity contribution in [2.45, 2.75) is 12.5 Å². The molecule has 0 bridgehead atoms. The van der Waals surface area contributed by atoms with E-state index in [2.05, 4.69) is 35.7 Å². The lowest BCUT2D eigenvalue weighted by Gasteiger charge is -2.24. The molecule has 0 fully saturated rings. The van der Waals surface area contributed by atoms with Gasteiger partial charge >= 0.3 is 0 Å². The van der Waals surface area contributed by atoms with Gasteiger partial charge < -0.3 is 16.2 Å². The highest BCUT2D eigenvalue weighted by Crippen LogP contribution is 2.23. The number of rotatable bonds is 8. The van der Waals surface area contributed by atoms with E-state index in [0.29, 0.717) is 39.3 Å². The molecule has 0 heterocycles. The van der Waals surface area contributed by atoms with Gasteiger partial charge in [-0.3, -0.25) is 4.90 Å². The van der Waals surface area contributed by atoms with Crippen LogP contribution < -0.4 is 11.5 Å². The summed E-state index contributed by atoms with van der Waals surface area (Å²) in [5, 5.41) is 1.04. The third-order valence-corrected chi connectivity index (χ3v) is 4.13. The summed E-state index contributed by atoms with van der Waals surface area (Å²) in [7, 11) is 0. The zero-order valence-electron chi connectivity index (χ0n) is 11.5. The molecule has 4 nitrogen and oxygen atoms in total. The summed E-state index contributed by atoms with van der Waals surface area (Å²) in [5.41, 5.74) is 12.7. The number of ether oxygens (including phenoxy) is 1. The first-order valence-electron chi connectivity index (χ1n) is 6.14. The van der Waals surface area contributed by atoms with E-state index in [9.17, 15) is 0 Å². The molecule has 1 rings (SSSR count). The highest BCUT2D eigenvalue weighted by Gasteiger charge is 2.12. The molecule has 1 aromatic carbocycles. The van der Waals surface area contributed by atoms with Crippen LogP contribution in [0, 0.1) is 0 Å². The summed E-state index contributed by atoms with van der Waals surface area (Å²) in [5.74, 6) is 0.814. The third-order valence-electron chi connectivity index (χ3n) is 2.71. The second-order valence-electron chi connectivity index (χ2n) is 4.46. The fraction of sp³-hybridized carbons (Fsp3) is 0.286. The van der Waals surface area contributed by atoms with Crippen molar-refractivity contribution in [2.75, 3.05) is 11.2 Å². The average Bonchev–Trinajstić information content (AvgIpc) is 2.41. The average molecular weight is 442 g/mol. The molecular weight excluding hydrogens is 424 g/mol. The summed E-state index contributed by atoms with van der Waals surface area (Å²) in [6.45, 7) is 7.79. The third kappa shape index (κ3) is 5.94. The minimum atomic E-state index is -0.193. The maximum Gasteiger partial charge on any atom is 0.188 e. The Hall–Kier alpha value is -0.630. The van der Waals surface area contributed by atoms with Crippen molar-refractivity contribution in [1.82, 2.24) is 4.90 Å². The van der Waals surface area contributed by atoms with Crippen LogP contribution in [-0.4, -0.2) is 22.1 Å². The summed E-state index contributed by atoms with van der Waals surface area (Å²) < 4.78 is 6.15. The van der Waals surface area contributed by atoms with Gasteiger partial charge in [-0.1, -0.05) is 58.4 Å². The first kappa shape index (κ1) is 18.4. The van der Waals surface area contributed by atoms with Crippen LogP contribution in [0.1, 0.15) is 5.56 Å². The van der Waals surface area contributed by atoms with Crippen molar-refractivity contribution in [3.05, 3.63) is 58.7 Å². The standard InChI is InChI=1S/C14H18Cl2IN3O/c1-9(18)20(8-17)10(2)21-7-12(19)5-11-3-4-13(15)14(16)6-11/h3-4,6,12H,1-2,5,7-8,18-19H2/t12-/m1/s1. The van der Waals surface area contributed by atoms with Crippen LogP contribution in [0.4, 0.5) is 0 Å². The number of benzene rings is 1. The van der Waals surface area contributed by atoms with Gasteiger partial charge in [0.25, 0.3) is 0 Å². The summed E-state index contributed by atoms with van der Waals surface area (Å²) >= 11 is 14.0. The summed E-state index contributed by atoms with van der Waals surface area (Å²) in [4.78, 5) is 1.66. The Kier molecular flexibility index (Phi) is 7.65. The highest BCUT2D eigenvalue weighted by atomic mass is 127.